The van der Waals surface area contributed by atoms with E-state index in [0.29, 0.717) is 0 Å². The topological polar surface area (TPSA) is 0 Å². The summed E-state index contributed by atoms with van der Waals surface area (Å²) < 4.78 is 0. The van der Waals surface area contributed by atoms with Crippen molar-refractivity contribution in [3.63, 3.8) is 0 Å². The summed E-state index contributed by atoms with van der Waals surface area (Å²) in [5.41, 5.74) is 0. The smallest absolute Gasteiger partial charge is 0.00686 e. The van der Waals surface area contributed by atoms with Crippen molar-refractivity contribution in [1.29, 1.82) is 0 Å². The molecule has 0 bridgehead atoms. The van der Waals surface area contributed by atoms with Crippen LogP contribution >= 0.6 is 12.2 Å². The molecule has 1 heteroatoms. The molecule has 0 aromatic rings. The standard InChI is InChI=1S/C8H14S/c1-6-3-4-8(9)5-7(6)2/h6-7H,3-5H2,1-2H3/t6?,7-/m0/s1. The van der Waals surface area contributed by atoms with E-state index in [1.165, 1.54) is 24.1 Å². The molecule has 1 aliphatic rings. The fourth-order valence-corrected chi connectivity index (χ4v) is 1.72. The van der Waals surface area contributed by atoms with E-state index in [4.69, 9.17) is 12.2 Å². The summed E-state index contributed by atoms with van der Waals surface area (Å²) >= 11 is 5.14. The lowest BCUT2D eigenvalue weighted by atomic mass is 9.82. The Labute approximate surface area is 62.6 Å². The molecule has 1 fully saturated rings. The lowest BCUT2D eigenvalue weighted by Crippen LogP contribution is -2.18. The van der Waals surface area contributed by atoms with Gasteiger partial charge < -0.3 is 0 Å². The molecule has 0 N–H and O–H groups in total. The lowest BCUT2D eigenvalue weighted by Gasteiger charge is -2.25. The maximum absolute atomic E-state index is 5.14. The maximum atomic E-state index is 5.14. The molecule has 1 aliphatic carbocycles. The molecule has 2 atom stereocenters. The third-order valence-corrected chi connectivity index (χ3v) is 2.77. The van der Waals surface area contributed by atoms with E-state index in [1.807, 2.05) is 0 Å². The van der Waals surface area contributed by atoms with Gasteiger partial charge in [-0.3, -0.25) is 0 Å². The molecule has 0 aromatic heterocycles. The largest absolute Gasteiger partial charge is 0.0897 e. The van der Waals surface area contributed by atoms with E-state index in [-0.39, 0.29) is 0 Å². The second kappa shape index (κ2) is 2.78. The first-order chi connectivity index (χ1) is 4.20. The summed E-state index contributed by atoms with van der Waals surface area (Å²) in [4.78, 5) is 1.29. The second-order valence-electron chi connectivity index (χ2n) is 3.24. The SMILES string of the molecule is CC1CCC(=S)C[C@@H]1C. The van der Waals surface area contributed by atoms with Gasteiger partial charge in [0.05, 0.1) is 0 Å². The molecule has 0 amide bonds. The average molecular weight is 142 g/mol. The Morgan fingerprint density at radius 2 is 2.00 bits per heavy atom. The molecule has 0 radical (unpaired) electrons. The first kappa shape index (κ1) is 7.20. The summed E-state index contributed by atoms with van der Waals surface area (Å²) in [6.07, 6.45) is 3.71. The van der Waals surface area contributed by atoms with Crippen LogP contribution in [-0.2, 0) is 0 Å². The van der Waals surface area contributed by atoms with E-state index in [9.17, 15) is 0 Å². The molecule has 0 nitrogen and oxygen atoms in total. The first-order valence-electron chi connectivity index (χ1n) is 3.72. The minimum absolute atomic E-state index is 0.839. The van der Waals surface area contributed by atoms with Crippen LogP contribution < -0.4 is 0 Å². The van der Waals surface area contributed by atoms with Gasteiger partial charge in [-0.25, -0.2) is 0 Å². The number of hydrogen-bond acceptors (Lipinski definition) is 1. The van der Waals surface area contributed by atoms with Gasteiger partial charge in [0.15, 0.2) is 0 Å². The van der Waals surface area contributed by atoms with Crippen LogP contribution in [-0.4, -0.2) is 4.86 Å². The van der Waals surface area contributed by atoms with Gasteiger partial charge in [-0.2, -0.15) is 0 Å². The van der Waals surface area contributed by atoms with Crippen molar-refractivity contribution < 1.29 is 0 Å². The van der Waals surface area contributed by atoms with Gasteiger partial charge in [-0.15, -0.1) is 0 Å². The predicted octanol–water partition coefficient (Wildman–Crippen LogP) is 2.81. The molecule has 0 saturated heterocycles. The molecule has 1 rings (SSSR count). The molecular formula is C8H14S. The van der Waals surface area contributed by atoms with E-state index in [2.05, 4.69) is 13.8 Å². The number of thiocarbonyl (C=S) groups is 1. The Morgan fingerprint density at radius 3 is 2.44 bits per heavy atom. The van der Waals surface area contributed by atoms with Crippen LogP contribution in [0.5, 0.6) is 0 Å². The van der Waals surface area contributed by atoms with Crippen LogP contribution in [0, 0.1) is 11.8 Å². The molecule has 1 unspecified atom stereocenters. The van der Waals surface area contributed by atoms with Crippen LogP contribution in [0.4, 0.5) is 0 Å². The molecular weight excluding hydrogens is 128 g/mol. The van der Waals surface area contributed by atoms with Crippen molar-refractivity contribution in [3.8, 4) is 0 Å². The van der Waals surface area contributed by atoms with Crippen molar-refractivity contribution in [2.75, 3.05) is 0 Å². The Kier molecular flexibility index (Phi) is 2.23. The average Bonchev–Trinajstić information content (AvgIpc) is 1.80. The van der Waals surface area contributed by atoms with Crippen molar-refractivity contribution in [2.24, 2.45) is 11.8 Å². The fraction of sp³-hybridized carbons (Fsp3) is 0.875. The summed E-state index contributed by atoms with van der Waals surface area (Å²) in [6.45, 7) is 4.63. The Hall–Kier alpha value is 0.0900. The monoisotopic (exact) mass is 142 g/mol. The van der Waals surface area contributed by atoms with Crippen LogP contribution in [0.15, 0.2) is 0 Å². The summed E-state index contributed by atoms with van der Waals surface area (Å²) in [5.74, 6) is 1.74. The highest BCUT2D eigenvalue weighted by molar-refractivity contribution is 7.80. The van der Waals surface area contributed by atoms with Gasteiger partial charge in [0.25, 0.3) is 0 Å². The zero-order valence-corrected chi connectivity index (χ0v) is 7.00. The van der Waals surface area contributed by atoms with Gasteiger partial charge in [0.2, 0.25) is 0 Å². The van der Waals surface area contributed by atoms with E-state index in [0.717, 1.165) is 11.8 Å². The van der Waals surface area contributed by atoms with Gasteiger partial charge in [-0.1, -0.05) is 26.1 Å². The normalized spacial score (nSPS) is 36.9. The van der Waals surface area contributed by atoms with Crippen LogP contribution in [0.1, 0.15) is 33.1 Å². The maximum Gasteiger partial charge on any atom is -0.00686 e. The summed E-state index contributed by atoms with van der Waals surface area (Å²) in [5, 5.41) is 0. The Bertz CT molecular complexity index is 118. The third kappa shape index (κ3) is 1.75. The van der Waals surface area contributed by atoms with Crippen molar-refractivity contribution in [1.82, 2.24) is 0 Å². The van der Waals surface area contributed by atoms with Gasteiger partial charge in [0, 0.05) is 0 Å². The number of rotatable bonds is 0. The van der Waals surface area contributed by atoms with Gasteiger partial charge >= 0.3 is 0 Å². The zero-order chi connectivity index (χ0) is 6.85. The Balaban J connectivity index is 2.44. The molecule has 1 saturated carbocycles. The minimum atomic E-state index is 0.839. The molecule has 0 aliphatic heterocycles. The van der Waals surface area contributed by atoms with Crippen LogP contribution in [0.3, 0.4) is 0 Å². The van der Waals surface area contributed by atoms with Crippen molar-refractivity contribution in [2.45, 2.75) is 33.1 Å². The van der Waals surface area contributed by atoms with Crippen LogP contribution in [0.2, 0.25) is 0 Å². The van der Waals surface area contributed by atoms with E-state index >= 15 is 0 Å². The third-order valence-electron chi connectivity index (χ3n) is 2.40. The molecule has 52 valence electrons. The van der Waals surface area contributed by atoms with Crippen molar-refractivity contribution in [3.05, 3.63) is 0 Å². The first-order valence-corrected chi connectivity index (χ1v) is 4.12. The van der Waals surface area contributed by atoms with Gasteiger partial charge in [0.1, 0.15) is 0 Å². The van der Waals surface area contributed by atoms with E-state index in [1.54, 1.807) is 0 Å². The highest BCUT2D eigenvalue weighted by atomic mass is 32.1. The molecule has 0 heterocycles. The number of hydrogen-bond donors (Lipinski definition) is 0. The second-order valence-corrected chi connectivity index (χ2v) is 3.81. The highest BCUT2D eigenvalue weighted by Crippen LogP contribution is 2.27. The highest BCUT2D eigenvalue weighted by Gasteiger charge is 2.19. The molecule has 0 aromatic carbocycles. The predicted molar refractivity (Wildman–Crippen MR) is 44.8 cm³/mol. The van der Waals surface area contributed by atoms with Crippen molar-refractivity contribution >= 4 is 17.1 Å². The zero-order valence-electron chi connectivity index (χ0n) is 6.18. The van der Waals surface area contributed by atoms with Crippen LogP contribution in [0.25, 0.3) is 0 Å². The summed E-state index contributed by atoms with van der Waals surface area (Å²) in [6, 6.07) is 0. The Morgan fingerprint density at radius 1 is 1.33 bits per heavy atom. The lowest BCUT2D eigenvalue weighted by molar-refractivity contribution is 0.358. The van der Waals surface area contributed by atoms with E-state index < -0.39 is 0 Å². The molecule has 9 heavy (non-hydrogen) atoms. The van der Waals surface area contributed by atoms with Gasteiger partial charge in [-0.05, 0) is 36.0 Å². The minimum Gasteiger partial charge on any atom is -0.0897 e. The molecule has 0 spiro atoms. The fourth-order valence-electron chi connectivity index (χ4n) is 1.34. The summed E-state index contributed by atoms with van der Waals surface area (Å²) in [7, 11) is 0. The quantitative estimate of drug-likeness (QED) is 0.469.